The SMILES string of the molecule is CSCCC(C)N(C)c1nc(NN)ncc1C. The van der Waals surface area contributed by atoms with Crippen LogP contribution in [0.5, 0.6) is 0 Å². The minimum atomic E-state index is 0.446. The molecule has 1 rings (SSSR count). The van der Waals surface area contributed by atoms with Crippen molar-refractivity contribution >= 4 is 23.5 Å². The van der Waals surface area contributed by atoms with Gasteiger partial charge in [0, 0.05) is 24.8 Å². The van der Waals surface area contributed by atoms with Crippen LogP contribution in [-0.4, -0.2) is 35.1 Å². The zero-order valence-corrected chi connectivity index (χ0v) is 11.7. The Balaban J connectivity index is 2.82. The van der Waals surface area contributed by atoms with E-state index in [1.54, 1.807) is 6.20 Å². The summed E-state index contributed by atoms with van der Waals surface area (Å²) in [5.41, 5.74) is 3.54. The first kappa shape index (κ1) is 14.1. The molecule has 0 bridgehead atoms. The van der Waals surface area contributed by atoms with Crippen molar-refractivity contribution in [2.45, 2.75) is 26.3 Å². The molecule has 1 heterocycles. The second-order valence-electron chi connectivity index (χ2n) is 4.09. The highest BCUT2D eigenvalue weighted by atomic mass is 32.2. The second-order valence-corrected chi connectivity index (χ2v) is 5.07. The zero-order chi connectivity index (χ0) is 12.8. The van der Waals surface area contributed by atoms with Crippen LogP contribution in [0.4, 0.5) is 11.8 Å². The van der Waals surface area contributed by atoms with E-state index in [9.17, 15) is 0 Å². The third-order valence-corrected chi connectivity index (χ3v) is 3.45. The number of nitrogens with two attached hydrogens (primary N) is 1. The lowest BCUT2D eigenvalue weighted by atomic mass is 10.2. The van der Waals surface area contributed by atoms with E-state index in [0.717, 1.165) is 23.6 Å². The van der Waals surface area contributed by atoms with Crippen LogP contribution in [0.3, 0.4) is 0 Å². The van der Waals surface area contributed by atoms with Gasteiger partial charge in [0.05, 0.1) is 0 Å². The fourth-order valence-electron chi connectivity index (χ4n) is 1.55. The lowest BCUT2D eigenvalue weighted by Crippen LogP contribution is -2.31. The van der Waals surface area contributed by atoms with E-state index in [1.165, 1.54) is 0 Å². The van der Waals surface area contributed by atoms with Crippen molar-refractivity contribution in [3.8, 4) is 0 Å². The largest absolute Gasteiger partial charge is 0.357 e. The van der Waals surface area contributed by atoms with Crippen LogP contribution in [-0.2, 0) is 0 Å². The Morgan fingerprint density at radius 2 is 2.29 bits per heavy atom. The summed E-state index contributed by atoms with van der Waals surface area (Å²) in [4.78, 5) is 10.6. The Morgan fingerprint density at radius 3 is 2.88 bits per heavy atom. The van der Waals surface area contributed by atoms with Crippen molar-refractivity contribution in [2.24, 2.45) is 5.84 Å². The molecule has 0 saturated heterocycles. The molecular formula is C11H21N5S. The molecule has 0 fully saturated rings. The van der Waals surface area contributed by atoms with Crippen LogP contribution in [0.2, 0.25) is 0 Å². The van der Waals surface area contributed by atoms with Crippen LogP contribution >= 0.6 is 11.8 Å². The summed E-state index contributed by atoms with van der Waals surface area (Å²) < 4.78 is 0. The maximum atomic E-state index is 5.33. The number of hydrogen-bond donors (Lipinski definition) is 2. The highest BCUT2D eigenvalue weighted by Crippen LogP contribution is 2.20. The van der Waals surface area contributed by atoms with Crippen molar-refractivity contribution in [3.05, 3.63) is 11.8 Å². The molecule has 0 aliphatic heterocycles. The number of anilines is 2. The molecule has 0 aliphatic rings. The van der Waals surface area contributed by atoms with Crippen molar-refractivity contribution in [3.63, 3.8) is 0 Å². The number of nitrogens with one attached hydrogen (secondary N) is 1. The van der Waals surface area contributed by atoms with Crippen LogP contribution in [0, 0.1) is 6.92 Å². The summed E-state index contributed by atoms with van der Waals surface area (Å²) in [5, 5.41) is 0. The Morgan fingerprint density at radius 1 is 1.59 bits per heavy atom. The van der Waals surface area contributed by atoms with E-state index in [-0.39, 0.29) is 0 Å². The average Bonchev–Trinajstić information content (AvgIpc) is 2.35. The molecule has 17 heavy (non-hydrogen) atoms. The van der Waals surface area contributed by atoms with Gasteiger partial charge in [-0.25, -0.2) is 10.8 Å². The fourth-order valence-corrected chi connectivity index (χ4v) is 2.13. The molecule has 96 valence electrons. The monoisotopic (exact) mass is 255 g/mol. The highest BCUT2D eigenvalue weighted by molar-refractivity contribution is 7.98. The van der Waals surface area contributed by atoms with Gasteiger partial charge in [-0.15, -0.1) is 0 Å². The topological polar surface area (TPSA) is 67.1 Å². The molecule has 6 heteroatoms. The van der Waals surface area contributed by atoms with Gasteiger partial charge in [-0.05, 0) is 32.3 Å². The molecule has 0 radical (unpaired) electrons. The third kappa shape index (κ3) is 3.74. The first-order chi connectivity index (χ1) is 8.10. The predicted octanol–water partition coefficient (Wildman–Crippen LogP) is 1.65. The van der Waals surface area contributed by atoms with Gasteiger partial charge in [-0.3, -0.25) is 5.43 Å². The van der Waals surface area contributed by atoms with Gasteiger partial charge >= 0.3 is 0 Å². The third-order valence-electron chi connectivity index (χ3n) is 2.81. The van der Waals surface area contributed by atoms with E-state index in [2.05, 4.69) is 40.5 Å². The molecule has 0 aromatic carbocycles. The van der Waals surface area contributed by atoms with Gasteiger partial charge in [-0.1, -0.05) is 0 Å². The summed E-state index contributed by atoms with van der Waals surface area (Å²) in [7, 11) is 2.06. The van der Waals surface area contributed by atoms with Gasteiger partial charge in [0.2, 0.25) is 5.95 Å². The van der Waals surface area contributed by atoms with Crippen LogP contribution in [0.15, 0.2) is 6.20 Å². The first-order valence-corrected chi connectivity index (χ1v) is 7.01. The Kier molecular flexibility index (Phi) is 5.50. The fraction of sp³-hybridized carbons (Fsp3) is 0.636. The van der Waals surface area contributed by atoms with E-state index in [1.807, 2.05) is 18.7 Å². The van der Waals surface area contributed by atoms with Gasteiger partial charge in [0.15, 0.2) is 0 Å². The molecule has 0 saturated carbocycles. The van der Waals surface area contributed by atoms with Crippen molar-refractivity contribution in [1.82, 2.24) is 9.97 Å². The molecular weight excluding hydrogens is 234 g/mol. The lowest BCUT2D eigenvalue weighted by molar-refractivity contribution is 0.659. The molecule has 1 unspecified atom stereocenters. The summed E-state index contributed by atoms with van der Waals surface area (Å²) in [6.07, 6.45) is 5.04. The van der Waals surface area contributed by atoms with Gasteiger partial charge in [-0.2, -0.15) is 16.7 Å². The lowest BCUT2D eigenvalue weighted by Gasteiger charge is -2.27. The molecule has 3 N–H and O–H groups in total. The molecule has 0 aliphatic carbocycles. The Labute approximate surface area is 107 Å². The van der Waals surface area contributed by atoms with E-state index in [4.69, 9.17) is 5.84 Å². The minimum Gasteiger partial charge on any atom is -0.357 e. The number of thioether (sulfide) groups is 1. The molecule has 1 aromatic rings. The van der Waals surface area contributed by atoms with E-state index >= 15 is 0 Å². The Hall–Kier alpha value is -1.01. The number of rotatable bonds is 6. The smallest absolute Gasteiger partial charge is 0.239 e. The zero-order valence-electron chi connectivity index (χ0n) is 10.9. The van der Waals surface area contributed by atoms with Crippen LogP contribution in [0.1, 0.15) is 18.9 Å². The molecule has 1 atom stereocenters. The minimum absolute atomic E-state index is 0.446. The Bertz CT molecular complexity index is 358. The summed E-state index contributed by atoms with van der Waals surface area (Å²) in [5.74, 6) is 7.86. The number of nitrogens with zero attached hydrogens (tertiary/aromatic N) is 3. The number of hydrazine groups is 1. The quantitative estimate of drug-likeness (QED) is 0.595. The molecule has 5 nitrogen and oxygen atoms in total. The van der Waals surface area contributed by atoms with Crippen molar-refractivity contribution in [1.29, 1.82) is 0 Å². The number of nitrogen functional groups attached to an aromatic ring is 1. The first-order valence-electron chi connectivity index (χ1n) is 5.62. The van der Waals surface area contributed by atoms with Crippen LogP contribution < -0.4 is 16.2 Å². The summed E-state index contributed by atoms with van der Waals surface area (Å²) in [6.45, 7) is 4.21. The van der Waals surface area contributed by atoms with Gasteiger partial charge in [0.25, 0.3) is 0 Å². The second kappa shape index (κ2) is 6.66. The predicted molar refractivity (Wildman–Crippen MR) is 75.4 cm³/mol. The van der Waals surface area contributed by atoms with E-state index < -0.39 is 0 Å². The highest BCUT2D eigenvalue weighted by Gasteiger charge is 2.14. The molecule has 1 aromatic heterocycles. The normalized spacial score (nSPS) is 12.3. The maximum absolute atomic E-state index is 5.33. The summed E-state index contributed by atoms with van der Waals surface area (Å²) >= 11 is 1.86. The maximum Gasteiger partial charge on any atom is 0.239 e. The van der Waals surface area contributed by atoms with Gasteiger partial charge in [0.1, 0.15) is 5.82 Å². The van der Waals surface area contributed by atoms with Crippen molar-refractivity contribution in [2.75, 3.05) is 29.4 Å². The average molecular weight is 255 g/mol. The van der Waals surface area contributed by atoms with E-state index in [0.29, 0.717) is 12.0 Å². The van der Waals surface area contributed by atoms with Crippen molar-refractivity contribution < 1.29 is 0 Å². The van der Waals surface area contributed by atoms with Gasteiger partial charge < -0.3 is 4.90 Å². The number of aromatic nitrogens is 2. The standard InChI is InChI=1S/C11H21N5S/c1-8-7-13-11(15-12)14-10(8)16(3)9(2)5-6-17-4/h7,9H,5-6,12H2,1-4H3,(H,13,14,15). The van der Waals surface area contributed by atoms with Crippen LogP contribution in [0.25, 0.3) is 0 Å². The number of hydrogen-bond acceptors (Lipinski definition) is 6. The summed E-state index contributed by atoms with van der Waals surface area (Å²) in [6, 6.07) is 0.446. The molecule has 0 spiro atoms. The number of aryl methyl sites for hydroxylation is 1. The molecule has 0 amide bonds.